The molecule has 4 nitrogen and oxygen atoms in total. The van der Waals surface area contributed by atoms with Crippen molar-refractivity contribution in [2.45, 2.75) is 31.7 Å². The molecule has 0 aliphatic rings. The van der Waals surface area contributed by atoms with Crippen molar-refractivity contribution in [1.29, 1.82) is 0 Å². The molecule has 0 saturated carbocycles. The zero-order valence-electron chi connectivity index (χ0n) is 7.69. The summed E-state index contributed by atoms with van der Waals surface area (Å²) in [4.78, 5) is 10.3. The summed E-state index contributed by atoms with van der Waals surface area (Å²) in [5, 5.41) is 9.16. The Morgan fingerprint density at radius 1 is 1.42 bits per heavy atom. The Labute approximate surface area is 72.5 Å². The summed E-state index contributed by atoms with van der Waals surface area (Å²) in [5.74, 6) is 0. The van der Waals surface area contributed by atoms with Crippen molar-refractivity contribution in [2.24, 2.45) is 0 Å². The fraction of sp³-hybridized carbons (Fsp3) is 0.875. The van der Waals surface area contributed by atoms with Crippen LogP contribution in [0.4, 0.5) is 0 Å². The molecular formula is C8H16O4. The summed E-state index contributed by atoms with van der Waals surface area (Å²) in [6.45, 7) is 1.62. The molecule has 0 saturated heterocycles. The maximum atomic E-state index is 10.3. The molecule has 0 fully saturated rings. The van der Waals surface area contributed by atoms with Crippen LogP contribution in [0.2, 0.25) is 0 Å². The number of aliphatic hydroxyl groups excluding tert-OH is 1. The lowest BCUT2D eigenvalue weighted by Crippen LogP contribution is -2.31. The largest absolute Gasteiger partial charge is 0.391 e. The van der Waals surface area contributed by atoms with Crippen LogP contribution in [-0.4, -0.2) is 43.9 Å². The predicted molar refractivity (Wildman–Crippen MR) is 44.0 cm³/mol. The van der Waals surface area contributed by atoms with Crippen molar-refractivity contribution in [3.05, 3.63) is 0 Å². The zero-order chi connectivity index (χ0) is 9.56. The molecule has 0 aromatic carbocycles. The number of ether oxygens (including phenoxy) is 2. The average molecular weight is 176 g/mol. The first-order valence-corrected chi connectivity index (χ1v) is 3.84. The first-order valence-electron chi connectivity index (χ1n) is 3.84. The van der Waals surface area contributed by atoms with E-state index in [0.29, 0.717) is 12.7 Å². The number of aliphatic hydroxyl groups is 1. The average Bonchev–Trinajstić information content (AvgIpc) is 2.06. The maximum Gasteiger partial charge on any atom is 0.148 e. The lowest BCUT2D eigenvalue weighted by atomic mass is 10.1. The van der Waals surface area contributed by atoms with E-state index in [9.17, 15) is 4.79 Å². The molecule has 0 aliphatic heterocycles. The van der Waals surface area contributed by atoms with Gasteiger partial charge in [0.2, 0.25) is 0 Å². The third kappa shape index (κ3) is 3.80. The van der Waals surface area contributed by atoms with Gasteiger partial charge in [0.05, 0.1) is 12.2 Å². The van der Waals surface area contributed by atoms with Gasteiger partial charge in [-0.05, 0) is 6.92 Å². The Bertz CT molecular complexity index is 124. The van der Waals surface area contributed by atoms with Crippen LogP contribution in [0.25, 0.3) is 0 Å². The van der Waals surface area contributed by atoms with Gasteiger partial charge < -0.3 is 19.4 Å². The highest BCUT2D eigenvalue weighted by molar-refractivity contribution is 5.55. The van der Waals surface area contributed by atoms with Gasteiger partial charge in [-0.25, -0.2) is 0 Å². The first kappa shape index (κ1) is 11.6. The lowest BCUT2D eigenvalue weighted by Gasteiger charge is -2.20. The van der Waals surface area contributed by atoms with Crippen LogP contribution < -0.4 is 0 Å². The van der Waals surface area contributed by atoms with Gasteiger partial charge >= 0.3 is 0 Å². The molecule has 0 aromatic heterocycles. The van der Waals surface area contributed by atoms with Crippen LogP contribution in [-0.2, 0) is 14.3 Å². The van der Waals surface area contributed by atoms with Gasteiger partial charge in [-0.3, -0.25) is 0 Å². The highest BCUT2D eigenvalue weighted by atomic mass is 16.5. The Kier molecular flexibility index (Phi) is 5.88. The second-order valence-corrected chi connectivity index (χ2v) is 2.66. The van der Waals surface area contributed by atoms with Crippen LogP contribution in [0, 0.1) is 0 Å². The quantitative estimate of drug-likeness (QED) is 0.578. The molecule has 4 heteroatoms. The lowest BCUT2D eigenvalue weighted by molar-refractivity contribution is -0.120. The fourth-order valence-electron chi connectivity index (χ4n) is 0.926. The smallest absolute Gasteiger partial charge is 0.148 e. The van der Waals surface area contributed by atoms with E-state index >= 15 is 0 Å². The van der Waals surface area contributed by atoms with E-state index in [4.69, 9.17) is 14.6 Å². The number of hydrogen-bond acceptors (Lipinski definition) is 4. The molecule has 0 radical (unpaired) electrons. The van der Waals surface area contributed by atoms with E-state index in [1.807, 2.05) is 0 Å². The number of hydrogen-bond donors (Lipinski definition) is 1. The Hall–Kier alpha value is -0.450. The van der Waals surface area contributed by atoms with Crippen molar-refractivity contribution >= 4 is 6.29 Å². The van der Waals surface area contributed by atoms with Gasteiger partial charge in [-0.2, -0.15) is 0 Å². The molecule has 0 rings (SSSR count). The van der Waals surface area contributed by atoms with Gasteiger partial charge in [-0.1, -0.05) is 0 Å². The summed E-state index contributed by atoms with van der Waals surface area (Å²) in [7, 11) is 2.95. The van der Waals surface area contributed by atoms with Crippen molar-refractivity contribution in [1.82, 2.24) is 0 Å². The Morgan fingerprint density at radius 2 is 2.00 bits per heavy atom. The number of carbonyl (C=O) groups is 1. The third-order valence-corrected chi connectivity index (χ3v) is 1.76. The summed E-state index contributed by atoms with van der Waals surface area (Å²) >= 11 is 0. The molecule has 0 spiro atoms. The number of aldehydes is 1. The summed E-state index contributed by atoms with van der Waals surface area (Å²) in [6.07, 6.45) is -0.347. The molecule has 0 unspecified atom stereocenters. The topological polar surface area (TPSA) is 55.8 Å². The van der Waals surface area contributed by atoms with Gasteiger partial charge in [0, 0.05) is 20.6 Å². The second-order valence-electron chi connectivity index (χ2n) is 2.66. The fourth-order valence-corrected chi connectivity index (χ4v) is 0.926. The standard InChI is InChI=1S/C8H16O4/c1-6(10)8(12-3)4-7(5-9)11-2/h5-8,10H,4H2,1-3H3/t6-,7-,8-/m1/s1. The number of methoxy groups -OCH3 is 2. The zero-order valence-corrected chi connectivity index (χ0v) is 7.69. The Balaban J connectivity index is 3.90. The minimum Gasteiger partial charge on any atom is -0.391 e. The number of carbonyl (C=O) groups excluding carboxylic acids is 1. The number of rotatable bonds is 6. The monoisotopic (exact) mass is 176 g/mol. The summed E-state index contributed by atoms with van der Waals surface area (Å²) in [6, 6.07) is 0. The van der Waals surface area contributed by atoms with Crippen molar-refractivity contribution in [2.75, 3.05) is 14.2 Å². The first-order chi connectivity index (χ1) is 5.65. The van der Waals surface area contributed by atoms with E-state index < -0.39 is 12.2 Å². The van der Waals surface area contributed by atoms with Crippen LogP contribution >= 0.6 is 0 Å². The van der Waals surface area contributed by atoms with Crippen molar-refractivity contribution in [3.8, 4) is 0 Å². The maximum absolute atomic E-state index is 10.3. The van der Waals surface area contributed by atoms with Crippen molar-refractivity contribution < 1.29 is 19.4 Å². The third-order valence-electron chi connectivity index (χ3n) is 1.76. The minimum atomic E-state index is -0.590. The van der Waals surface area contributed by atoms with E-state index in [1.165, 1.54) is 14.2 Å². The molecule has 1 N–H and O–H groups in total. The van der Waals surface area contributed by atoms with Gasteiger partial charge in [-0.15, -0.1) is 0 Å². The second kappa shape index (κ2) is 6.11. The van der Waals surface area contributed by atoms with Gasteiger partial charge in [0.1, 0.15) is 12.4 Å². The predicted octanol–water partition coefficient (Wildman–Crippen LogP) is -0.0138. The Morgan fingerprint density at radius 3 is 2.25 bits per heavy atom. The molecule has 0 aliphatic carbocycles. The van der Waals surface area contributed by atoms with Gasteiger partial charge in [0.15, 0.2) is 0 Å². The van der Waals surface area contributed by atoms with Crippen LogP contribution in [0.5, 0.6) is 0 Å². The summed E-state index contributed by atoms with van der Waals surface area (Å²) in [5.41, 5.74) is 0. The van der Waals surface area contributed by atoms with Gasteiger partial charge in [0.25, 0.3) is 0 Å². The van der Waals surface area contributed by atoms with Crippen molar-refractivity contribution in [3.63, 3.8) is 0 Å². The minimum absolute atomic E-state index is 0.347. The van der Waals surface area contributed by atoms with E-state index in [-0.39, 0.29) is 6.10 Å². The van der Waals surface area contributed by atoms with Crippen LogP contribution in [0.15, 0.2) is 0 Å². The normalized spacial score (nSPS) is 18.3. The van der Waals surface area contributed by atoms with Crippen LogP contribution in [0.1, 0.15) is 13.3 Å². The highest BCUT2D eigenvalue weighted by Gasteiger charge is 2.19. The highest BCUT2D eigenvalue weighted by Crippen LogP contribution is 2.07. The molecule has 0 bridgehead atoms. The molecule has 3 atom stereocenters. The molecule has 72 valence electrons. The molecular weight excluding hydrogens is 160 g/mol. The molecule has 12 heavy (non-hydrogen) atoms. The van der Waals surface area contributed by atoms with E-state index in [1.54, 1.807) is 6.92 Å². The molecule has 0 aromatic rings. The van der Waals surface area contributed by atoms with E-state index in [0.717, 1.165) is 0 Å². The van der Waals surface area contributed by atoms with Crippen LogP contribution in [0.3, 0.4) is 0 Å². The van der Waals surface area contributed by atoms with E-state index in [2.05, 4.69) is 0 Å². The SMILES string of the molecule is CO[C@@H](C=O)C[C@@H](OC)[C@@H](C)O. The molecule has 0 amide bonds. The molecule has 0 heterocycles. The summed E-state index contributed by atoms with van der Waals surface area (Å²) < 4.78 is 9.78.